The Morgan fingerprint density at radius 2 is 0.552 bits per heavy atom. The normalized spacial score (nSPS) is 11.9. The summed E-state index contributed by atoms with van der Waals surface area (Å²) < 4.78 is 2.16. The number of anilines is 11. The summed E-state index contributed by atoms with van der Waals surface area (Å²) in [5.41, 5.74) is 14.6. The molecule has 0 saturated carbocycles. The first-order valence-electron chi connectivity index (χ1n) is 28.2. The quantitative estimate of drug-likeness (QED) is 0.166. The van der Waals surface area contributed by atoms with E-state index >= 15 is 0 Å². The molecule has 10 nitrogen and oxygen atoms in total. The second-order valence-corrected chi connectivity index (χ2v) is 22.4. The van der Waals surface area contributed by atoms with E-state index in [-0.39, 0.29) is 5.28 Å². The van der Waals surface area contributed by atoms with Crippen molar-refractivity contribution in [1.29, 1.82) is 0 Å². The summed E-state index contributed by atoms with van der Waals surface area (Å²) >= 11 is 13.6. The zero-order valence-electron chi connectivity index (χ0n) is 46.4. The van der Waals surface area contributed by atoms with Crippen molar-refractivity contribution in [3.05, 3.63) is 305 Å². The molecule has 0 aliphatic carbocycles. The van der Waals surface area contributed by atoms with Gasteiger partial charge in [-0.2, -0.15) is 19.9 Å². The monoisotopic (exact) mass is 1270 g/mol. The number of halogens is 3. The number of benzene rings is 12. The van der Waals surface area contributed by atoms with Crippen molar-refractivity contribution in [3.8, 4) is 45.6 Å². The molecule has 14 aromatic rings. The number of fused-ring (bicyclic) bond motifs is 6. The Kier molecular flexibility index (Phi) is 15.2. The predicted molar refractivity (Wildman–Crippen MR) is 364 cm³/mol. The Bertz CT molecular complexity index is 4590. The standard InChI is InChI=1S/C37H24BrN5.C22H15BrN2.C15H10ClN3/c38-28-19-11-17-25-18-12-24-33(34(25)28)42-29-20-7-9-22-31(29)43(32-23-10-8-21-30(32)42)37-40-35(26-13-3-1-4-14-26)39-36(41-37)27-15-5-2-6-16-27;23-16-9-5-7-15-8-6-14-21(22(15)16)25-19-12-3-1-10-17(19)24-18-11-2-4-13-20(18)25;16-15-18-13(11-7-3-1-4-8-11)17-14(19-15)12-9-5-2-6-10-12/h1-24H;1-14,24H;1-10H. The largest absolute Gasteiger partial charge is 0.352 e. The van der Waals surface area contributed by atoms with Crippen molar-refractivity contribution < 1.29 is 0 Å². The van der Waals surface area contributed by atoms with Gasteiger partial charge in [0.2, 0.25) is 11.2 Å². The lowest BCUT2D eigenvalue weighted by atomic mass is 10.0. The molecule has 12 aromatic carbocycles. The van der Waals surface area contributed by atoms with E-state index in [1.807, 2.05) is 121 Å². The second-order valence-electron chi connectivity index (χ2n) is 20.4. The molecule has 13 heteroatoms. The van der Waals surface area contributed by atoms with Gasteiger partial charge >= 0.3 is 0 Å². The van der Waals surface area contributed by atoms with Crippen LogP contribution in [-0.2, 0) is 0 Å². The Morgan fingerprint density at radius 1 is 0.264 bits per heavy atom. The van der Waals surface area contributed by atoms with E-state index in [1.54, 1.807) is 0 Å². The fourth-order valence-corrected chi connectivity index (χ4v) is 12.4. The summed E-state index contributed by atoms with van der Waals surface area (Å²) in [4.78, 5) is 34.8. The molecule has 2 aliphatic rings. The van der Waals surface area contributed by atoms with E-state index in [0.717, 1.165) is 87.8 Å². The Labute approximate surface area is 525 Å². The first-order chi connectivity index (χ1) is 42.9. The maximum Gasteiger partial charge on any atom is 0.238 e. The maximum atomic E-state index is 5.99. The van der Waals surface area contributed by atoms with Gasteiger partial charge in [0.05, 0.1) is 56.9 Å². The highest BCUT2D eigenvalue weighted by molar-refractivity contribution is 9.11. The topological polar surface area (TPSA) is 99.1 Å². The van der Waals surface area contributed by atoms with Gasteiger partial charge in [0.1, 0.15) is 0 Å². The molecule has 0 fully saturated rings. The number of aromatic nitrogens is 6. The van der Waals surface area contributed by atoms with Gasteiger partial charge in [-0.1, -0.05) is 250 Å². The fraction of sp³-hybridized carbons (Fsp3) is 0. The lowest BCUT2D eigenvalue weighted by Crippen LogP contribution is -2.25. The molecule has 4 heterocycles. The van der Waals surface area contributed by atoms with E-state index in [4.69, 9.17) is 26.6 Å². The van der Waals surface area contributed by atoms with Gasteiger partial charge in [-0.25, -0.2) is 9.97 Å². The molecular formula is C74H49Br2ClN10. The van der Waals surface area contributed by atoms with Gasteiger partial charge < -0.3 is 15.1 Å². The van der Waals surface area contributed by atoms with E-state index in [9.17, 15) is 0 Å². The third kappa shape index (κ3) is 10.9. The first kappa shape index (κ1) is 54.6. The highest BCUT2D eigenvalue weighted by Crippen LogP contribution is 2.55. The highest BCUT2D eigenvalue weighted by atomic mass is 79.9. The number of rotatable bonds is 7. The number of hydrogen-bond donors (Lipinski definition) is 1. The lowest BCUT2D eigenvalue weighted by molar-refractivity contribution is 1.01. The molecule has 0 radical (unpaired) electrons. The molecular weight excluding hydrogens is 1220 g/mol. The summed E-state index contributed by atoms with van der Waals surface area (Å²) in [7, 11) is 0. The summed E-state index contributed by atoms with van der Waals surface area (Å²) in [6.45, 7) is 0. The van der Waals surface area contributed by atoms with Crippen LogP contribution in [0.1, 0.15) is 0 Å². The lowest BCUT2D eigenvalue weighted by Gasteiger charge is -2.39. The van der Waals surface area contributed by atoms with Crippen LogP contribution in [0, 0.1) is 0 Å². The minimum absolute atomic E-state index is 0.202. The molecule has 2 aromatic heterocycles. The van der Waals surface area contributed by atoms with Gasteiger partial charge in [0.25, 0.3) is 0 Å². The van der Waals surface area contributed by atoms with E-state index in [2.05, 4.69) is 237 Å². The number of nitrogens with zero attached hydrogens (tertiary/aromatic N) is 9. The van der Waals surface area contributed by atoms with Crippen molar-refractivity contribution in [2.75, 3.05) is 20.0 Å². The maximum absolute atomic E-state index is 5.99. The molecule has 0 amide bonds. The third-order valence-electron chi connectivity index (χ3n) is 15.0. The van der Waals surface area contributed by atoms with Crippen LogP contribution < -0.4 is 20.0 Å². The van der Waals surface area contributed by atoms with Crippen LogP contribution in [0.4, 0.5) is 62.8 Å². The van der Waals surface area contributed by atoms with Gasteiger partial charge in [-0.05, 0) is 95.2 Å². The summed E-state index contributed by atoms with van der Waals surface area (Å²) in [6.07, 6.45) is 0. The van der Waals surface area contributed by atoms with Crippen LogP contribution in [-0.4, -0.2) is 29.9 Å². The Hall–Kier alpha value is -10.4. The number of nitrogens with one attached hydrogen (secondary N) is 1. The predicted octanol–water partition coefficient (Wildman–Crippen LogP) is 21.4. The van der Waals surface area contributed by atoms with Crippen molar-refractivity contribution in [2.45, 2.75) is 0 Å². The molecule has 2 aliphatic heterocycles. The van der Waals surface area contributed by atoms with Crippen molar-refractivity contribution in [2.24, 2.45) is 0 Å². The Morgan fingerprint density at radius 3 is 0.931 bits per heavy atom. The molecule has 1 N–H and O–H groups in total. The van der Waals surface area contributed by atoms with Gasteiger partial charge in [0, 0.05) is 42.0 Å². The number of para-hydroxylation sites is 8. The molecule has 0 unspecified atom stereocenters. The van der Waals surface area contributed by atoms with Crippen LogP contribution in [0.2, 0.25) is 5.28 Å². The summed E-state index contributed by atoms with van der Waals surface area (Å²) in [5.74, 6) is 2.98. The Balaban J connectivity index is 0.000000128. The minimum atomic E-state index is 0.202. The average molecular weight is 1270 g/mol. The fourth-order valence-electron chi connectivity index (χ4n) is 11.1. The smallest absolute Gasteiger partial charge is 0.238 e. The van der Waals surface area contributed by atoms with Crippen molar-refractivity contribution in [1.82, 2.24) is 29.9 Å². The third-order valence-corrected chi connectivity index (χ3v) is 16.5. The van der Waals surface area contributed by atoms with Gasteiger partial charge in [0.15, 0.2) is 23.3 Å². The van der Waals surface area contributed by atoms with Crippen LogP contribution >= 0.6 is 43.5 Å². The molecule has 16 rings (SSSR count). The van der Waals surface area contributed by atoms with Crippen LogP contribution in [0.15, 0.2) is 300 Å². The SMILES string of the molecule is Brc1cccc2cccc(N3c4ccccc4N(c4nc(-c5ccccc5)nc(-c5ccccc5)n4)c4ccccc43)c12.Brc1cccc2cccc(N3c4ccccc4Nc4ccccc43)c12.Clc1nc(-c2ccccc2)nc(-c2ccccc2)n1. The minimum Gasteiger partial charge on any atom is -0.352 e. The van der Waals surface area contributed by atoms with E-state index < -0.39 is 0 Å². The molecule has 416 valence electrons. The first-order valence-corrected chi connectivity index (χ1v) is 30.2. The van der Waals surface area contributed by atoms with Crippen LogP contribution in [0.25, 0.3) is 67.1 Å². The average Bonchev–Trinajstić information content (AvgIpc) is 1.60. The highest BCUT2D eigenvalue weighted by Gasteiger charge is 2.33. The van der Waals surface area contributed by atoms with Gasteiger partial charge in [-0.15, -0.1) is 0 Å². The molecule has 87 heavy (non-hydrogen) atoms. The molecule has 0 atom stereocenters. The summed E-state index contributed by atoms with van der Waals surface area (Å²) in [6, 6.07) is 98.9. The van der Waals surface area contributed by atoms with E-state index in [0.29, 0.717) is 29.2 Å². The molecule has 0 spiro atoms. The second kappa shape index (κ2) is 24.3. The van der Waals surface area contributed by atoms with Crippen LogP contribution in [0.3, 0.4) is 0 Å². The van der Waals surface area contributed by atoms with Gasteiger partial charge in [-0.3, -0.25) is 4.90 Å². The van der Waals surface area contributed by atoms with E-state index in [1.165, 1.54) is 21.8 Å². The van der Waals surface area contributed by atoms with Crippen molar-refractivity contribution >= 4 is 128 Å². The molecule has 0 bridgehead atoms. The zero-order valence-corrected chi connectivity index (χ0v) is 50.3. The van der Waals surface area contributed by atoms with Crippen LogP contribution in [0.5, 0.6) is 0 Å². The summed E-state index contributed by atoms with van der Waals surface area (Å²) in [5, 5.41) is 8.51. The zero-order chi connectivity index (χ0) is 58.6. The number of hydrogen-bond acceptors (Lipinski definition) is 10. The molecule has 0 saturated heterocycles. The van der Waals surface area contributed by atoms with Crippen molar-refractivity contribution in [3.63, 3.8) is 0 Å².